The summed E-state index contributed by atoms with van der Waals surface area (Å²) in [6, 6.07) is 10.0. The number of furan rings is 1. The van der Waals surface area contributed by atoms with Gasteiger partial charge in [0.25, 0.3) is 0 Å². The van der Waals surface area contributed by atoms with E-state index >= 15 is 0 Å². The molecule has 0 aliphatic carbocycles. The van der Waals surface area contributed by atoms with Crippen molar-refractivity contribution in [3.8, 4) is 11.5 Å². The van der Waals surface area contributed by atoms with Crippen molar-refractivity contribution >= 4 is 22.3 Å². The van der Waals surface area contributed by atoms with E-state index in [2.05, 4.69) is 15.0 Å². The van der Waals surface area contributed by atoms with E-state index in [0.29, 0.717) is 0 Å². The summed E-state index contributed by atoms with van der Waals surface area (Å²) in [5.41, 5.74) is 2.85. The van der Waals surface area contributed by atoms with E-state index in [1.165, 1.54) is 0 Å². The summed E-state index contributed by atoms with van der Waals surface area (Å²) in [4.78, 5) is 11.7. The summed E-state index contributed by atoms with van der Waals surface area (Å²) in [5.74, 6) is 0.818. The molecule has 0 bridgehead atoms. The van der Waals surface area contributed by atoms with Crippen LogP contribution >= 0.6 is 11.3 Å². The number of benzene rings is 1. The van der Waals surface area contributed by atoms with Gasteiger partial charge >= 0.3 is 0 Å². The molecule has 3 aromatic heterocycles. The van der Waals surface area contributed by atoms with Crippen molar-refractivity contribution in [3.63, 3.8) is 0 Å². The van der Waals surface area contributed by atoms with Gasteiger partial charge in [0, 0.05) is 29.1 Å². The summed E-state index contributed by atoms with van der Waals surface area (Å²) >= 11 is 1.63. The van der Waals surface area contributed by atoms with Gasteiger partial charge in [-0.25, -0.2) is 9.97 Å². The van der Waals surface area contributed by atoms with Crippen LogP contribution < -0.4 is 0 Å². The van der Waals surface area contributed by atoms with Gasteiger partial charge in [0.15, 0.2) is 5.76 Å². The topological polar surface area (TPSA) is 54.7 Å². The van der Waals surface area contributed by atoms with Crippen molar-refractivity contribution in [2.45, 2.75) is 6.42 Å². The van der Waals surface area contributed by atoms with Gasteiger partial charge in [0.1, 0.15) is 11.3 Å². The van der Waals surface area contributed by atoms with Crippen LogP contribution in [0.25, 0.3) is 22.4 Å². The number of aromatic nitrogens is 3. The summed E-state index contributed by atoms with van der Waals surface area (Å²) in [6.07, 6.45) is 4.27. The van der Waals surface area contributed by atoms with Gasteiger partial charge < -0.3 is 9.40 Å². The van der Waals surface area contributed by atoms with Gasteiger partial charge in [-0.15, -0.1) is 11.3 Å². The highest BCUT2D eigenvalue weighted by Gasteiger charge is 2.10. The van der Waals surface area contributed by atoms with E-state index in [1.807, 2.05) is 41.9 Å². The Kier molecular flexibility index (Phi) is 2.63. The molecule has 0 unspecified atom stereocenters. The maximum Gasteiger partial charge on any atom is 0.154 e. The third-order valence-electron chi connectivity index (χ3n) is 3.13. The Labute approximate surface area is 119 Å². The summed E-state index contributed by atoms with van der Waals surface area (Å²) in [6.45, 7) is 0. The lowest BCUT2D eigenvalue weighted by Gasteiger charge is -1.91. The van der Waals surface area contributed by atoms with Crippen LogP contribution in [0.15, 0.2) is 52.7 Å². The van der Waals surface area contributed by atoms with Crippen LogP contribution in [-0.4, -0.2) is 15.0 Å². The summed E-state index contributed by atoms with van der Waals surface area (Å²) in [7, 11) is 0. The number of nitrogens with zero attached hydrogens (tertiary/aromatic N) is 2. The number of para-hydroxylation sites is 1. The zero-order chi connectivity index (χ0) is 13.4. The van der Waals surface area contributed by atoms with Crippen LogP contribution in [0.5, 0.6) is 0 Å². The Morgan fingerprint density at radius 3 is 3.05 bits per heavy atom. The normalized spacial score (nSPS) is 11.2. The number of nitrogens with one attached hydrogen (secondary N) is 1. The molecule has 0 aliphatic rings. The van der Waals surface area contributed by atoms with Crippen LogP contribution in [0.1, 0.15) is 10.7 Å². The standard InChI is InChI=1S/C15H11N3OS/c1-2-4-13-10(3-1)5-14(19-13)12-8-20-15(18-12)6-11-7-16-9-17-11/h1-5,7-9H,6H2,(H,16,17). The van der Waals surface area contributed by atoms with Crippen LogP contribution in [0, 0.1) is 0 Å². The number of rotatable bonds is 3. The molecular weight excluding hydrogens is 270 g/mol. The number of H-pyrrole nitrogens is 1. The molecule has 1 N–H and O–H groups in total. The molecule has 1 aromatic carbocycles. The highest BCUT2D eigenvalue weighted by Crippen LogP contribution is 2.29. The van der Waals surface area contributed by atoms with Gasteiger partial charge in [-0.05, 0) is 12.1 Å². The zero-order valence-electron chi connectivity index (χ0n) is 10.5. The van der Waals surface area contributed by atoms with Crippen LogP contribution in [-0.2, 0) is 6.42 Å². The van der Waals surface area contributed by atoms with E-state index in [4.69, 9.17) is 4.42 Å². The van der Waals surface area contributed by atoms with Crippen molar-refractivity contribution in [1.82, 2.24) is 15.0 Å². The highest BCUT2D eigenvalue weighted by molar-refractivity contribution is 7.10. The number of hydrogen-bond acceptors (Lipinski definition) is 4. The zero-order valence-corrected chi connectivity index (χ0v) is 11.4. The lowest BCUT2D eigenvalue weighted by atomic mass is 10.2. The maximum absolute atomic E-state index is 5.83. The maximum atomic E-state index is 5.83. The Hall–Kier alpha value is -2.40. The van der Waals surface area contributed by atoms with Gasteiger partial charge in [0.2, 0.25) is 0 Å². The van der Waals surface area contributed by atoms with E-state index in [0.717, 1.165) is 39.5 Å². The van der Waals surface area contributed by atoms with E-state index in [9.17, 15) is 0 Å². The smallest absolute Gasteiger partial charge is 0.154 e. The van der Waals surface area contributed by atoms with Crippen LogP contribution in [0.4, 0.5) is 0 Å². The first kappa shape index (κ1) is 11.4. The predicted octanol–water partition coefficient (Wildman–Crippen LogP) is 3.87. The Balaban J connectivity index is 1.67. The van der Waals surface area contributed by atoms with E-state index < -0.39 is 0 Å². The predicted molar refractivity (Wildman–Crippen MR) is 78.7 cm³/mol. The molecule has 3 heterocycles. The molecule has 0 amide bonds. The number of thiazole rings is 1. The molecule has 4 aromatic rings. The number of fused-ring (bicyclic) bond motifs is 1. The minimum absolute atomic E-state index is 0.769. The SMILES string of the molecule is c1ccc2oc(-c3csc(Cc4cnc[nH]4)n3)cc2c1. The number of aromatic amines is 1. The fourth-order valence-corrected chi connectivity index (χ4v) is 2.96. The quantitative estimate of drug-likeness (QED) is 0.620. The van der Waals surface area contributed by atoms with Gasteiger partial charge in [-0.3, -0.25) is 0 Å². The lowest BCUT2D eigenvalue weighted by Crippen LogP contribution is -1.86. The highest BCUT2D eigenvalue weighted by atomic mass is 32.1. The molecule has 5 heteroatoms. The second-order valence-electron chi connectivity index (χ2n) is 4.53. The van der Waals surface area contributed by atoms with Crippen molar-refractivity contribution in [3.05, 3.63) is 58.9 Å². The van der Waals surface area contributed by atoms with Gasteiger partial charge in [-0.1, -0.05) is 18.2 Å². The molecule has 0 spiro atoms. The minimum Gasteiger partial charge on any atom is -0.454 e. The van der Waals surface area contributed by atoms with Gasteiger partial charge in [0.05, 0.1) is 11.3 Å². The molecule has 20 heavy (non-hydrogen) atoms. The first-order chi connectivity index (χ1) is 9.88. The fraction of sp³-hybridized carbons (Fsp3) is 0.0667. The van der Waals surface area contributed by atoms with Crippen LogP contribution in [0.3, 0.4) is 0 Å². The molecule has 98 valence electrons. The van der Waals surface area contributed by atoms with E-state index in [1.54, 1.807) is 17.7 Å². The molecule has 0 aliphatic heterocycles. The first-order valence-corrected chi connectivity index (χ1v) is 7.17. The molecule has 0 saturated carbocycles. The monoisotopic (exact) mass is 281 g/mol. The number of imidazole rings is 1. The molecule has 0 atom stereocenters. The van der Waals surface area contributed by atoms with Crippen molar-refractivity contribution in [2.75, 3.05) is 0 Å². The lowest BCUT2D eigenvalue weighted by molar-refractivity contribution is 0.629. The average Bonchev–Trinajstić information content (AvgIpc) is 3.18. The molecular formula is C15H11N3OS. The molecule has 0 saturated heterocycles. The van der Waals surface area contributed by atoms with Crippen LogP contribution in [0.2, 0.25) is 0 Å². The van der Waals surface area contributed by atoms with Crippen molar-refractivity contribution in [2.24, 2.45) is 0 Å². The fourth-order valence-electron chi connectivity index (χ4n) is 2.16. The first-order valence-electron chi connectivity index (χ1n) is 6.29. The number of hydrogen-bond donors (Lipinski definition) is 1. The average molecular weight is 281 g/mol. The van der Waals surface area contributed by atoms with Gasteiger partial charge in [-0.2, -0.15) is 0 Å². The summed E-state index contributed by atoms with van der Waals surface area (Å²) < 4.78 is 5.83. The van der Waals surface area contributed by atoms with Crippen molar-refractivity contribution < 1.29 is 4.42 Å². The Bertz CT molecular complexity index is 812. The second-order valence-corrected chi connectivity index (χ2v) is 5.47. The molecule has 4 nitrogen and oxygen atoms in total. The minimum atomic E-state index is 0.769. The molecule has 0 fully saturated rings. The van der Waals surface area contributed by atoms with Crippen molar-refractivity contribution in [1.29, 1.82) is 0 Å². The third-order valence-corrected chi connectivity index (χ3v) is 3.98. The Morgan fingerprint density at radius 1 is 1.25 bits per heavy atom. The molecule has 0 radical (unpaired) electrons. The second kappa shape index (κ2) is 4.61. The Morgan fingerprint density at radius 2 is 2.20 bits per heavy atom. The van der Waals surface area contributed by atoms with E-state index in [-0.39, 0.29) is 0 Å². The summed E-state index contributed by atoms with van der Waals surface area (Å²) in [5, 5.41) is 4.18. The largest absolute Gasteiger partial charge is 0.454 e. The molecule has 4 rings (SSSR count). The third kappa shape index (κ3) is 2.02.